The molecule has 0 saturated carbocycles. The first-order chi connectivity index (χ1) is 21.3. The van der Waals surface area contributed by atoms with Crippen LogP contribution in [0.4, 0.5) is 26.0 Å². The van der Waals surface area contributed by atoms with E-state index in [1.807, 2.05) is 25.7 Å². The van der Waals surface area contributed by atoms with Crippen LogP contribution in [0.25, 0.3) is 28.0 Å². The molecule has 1 fully saturated rings. The van der Waals surface area contributed by atoms with E-state index in [1.165, 1.54) is 10.6 Å². The Morgan fingerprint density at radius 2 is 1.87 bits per heavy atom. The molecular weight excluding hydrogens is 625 g/mol. The SMILES string of the molecule is C=CC(=O)N1CCN2c3nc(=O)n(-c4c(C)ccnc4C(C)C)c4nc(-c5c(N)c(Cl)cc(Cl)c5F)c(F)c(c34)N(C)CC2C1. The maximum Gasteiger partial charge on any atom is 0.355 e. The van der Waals surface area contributed by atoms with Gasteiger partial charge in [0.15, 0.2) is 17.3 Å². The van der Waals surface area contributed by atoms with Crippen LogP contribution in [0.15, 0.2) is 35.8 Å². The predicted molar refractivity (Wildman–Crippen MR) is 173 cm³/mol. The number of amides is 1. The summed E-state index contributed by atoms with van der Waals surface area (Å²) in [6, 6.07) is 2.52. The summed E-state index contributed by atoms with van der Waals surface area (Å²) < 4.78 is 34.0. The largest absolute Gasteiger partial charge is 0.397 e. The maximum absolute atomic E-state index is 17.0. The number of nitrogens with zero attached hydrogens (tertiary/aromatic N) is 7. The van der Waals surface area contributed by atoms with Gasteiger partial charge in [-0.2, -0.15) is 4.98 Å². The molecule has 0 aliphatic carbocycles. The van der Waals surface area contributed by atoms with Gasteiger partial charge in [-0.15, -0.1) is 0 Å². The molecule has 2 N–H and O–H groups in total. The van der Waals surface area contributed by atoms with Gasteiger partial charge in [0.1, 0.15) is 11.5 Å². The van der Waals surface area contributed by atoms with Crippen molar-refractivity contribution in [2.24, 2.45) is 0 Å². The molecule has 0 bridgehead atoms. The number of hydrogen-bond donors (Lipinski definition) is 1. The first-order valence-electron chi connectivity index (χ1n) is 14.3. The number of fused-ring (bicyclic) bond motifs is 2. The Morgan fingerprint density at radius 3 is 2.56 bits per heavy atom. The van der Waals surface area contributed by atoms with Crippen LogP contribution < -0.4 is 21.2 Å². The number of nitrogens with two attached hydrogens (primary N) is 1. The number of benzene rings is 1. The fourth-order valence-electron chi connectivity index (χ4n) is 6.28. The zero-order valence-electron chi connectivity index (χ0n) is 25.0. The van der Waals surface area contributed by atoms with Gasteiger partial charge in [0.2, 0.25) is 5.91 Å². The third-order valence-electron chi connectivity index (χ3n) is 8.40. The quantitative estimate of drug-likeness (QED) is 0.184. The second kappa shape index (κ2) is 11.3. The Hall–Kier alpha value is -4.29. The third kappa shape index (κ3) is 4.78. The van der Waals surface area contributed by atoms with Crippen molar-refractivity contribution in [3.63, 3.8) is 0 Å². The number of halogens is 4. The summed E-state index contributed by atoms with van der Waals surface area (Å²) in [4.78, 5) is 45.6. The summed E-state index contributed by atoms with van der Waals surface area (Å²) in [5.41, 5.74) is 6.19. The van der Waals surface area contributed by atoms with E-state index in [1.54, 1.807) is 29.1 Å². The van der Waals surface area contributed by atoms with Gasteiger partial charge in [-0.3, -0.25) is 9.78 Å². The molecule has 3 aromatic heterocycles. The minimum absolute atomic E-state index is 0.0291. The zero-order valence-corrected chi connectivity index (χ0v) is 26.5. The smallest absolute Gasteiger partial charge is 0.355 e. The lowest BCUT2D eigenvalue weighted by molar-refractivity contribution is -0.126. The second-order valence-electron chi connectivity index (χ2n) is 11.6. The molecule has 1 atom stereocenters. The maximum atomic E-state index is 17.0. The van der Waals surface area contributed by atoms with Crippen LogP contribution in [-0.4, -0.2) is 69.6 Å². The number of carbonyl (C=O) groups is 1. The van der Waals surface area contributed by atoms with Gasteiger partial charge in [-0.05, 0) is 36.6 Å². The Morgan fingerprint density at radius 1 is 1.13 bits per heavy atom. The van der Waals surface area contributed by atoms with Gasteiger partial charge < -0.3 is 20.4 Å². The molecule has 2 aliphatic rings. The summed E-state index contributed by atoms with van der Waals surface area (Å²) >= 11 is 12.4. The minimum atomic E-state index is -1.01. The first kappa shape index (κ1) is 30.7. The van der Waals surface area contributed by atoms with Crippen LogP contribution in [0.1, 0.15) is 31.0 Å². The van der Waals surface area contributed by atoms with Crippen LogP contribution in [0, 0.1) is 18.6 Å². The normalized spacial score (nSPS) is 16.3. The molecule has 14 heteroatoms. The molecule has 0 spiro atoms. The summed E-state index contributed by atoms with van der Waals surface area (Å²) in [5, 5.41) is -0.208. The monoisotopic (exact) mass is 654 g/mol. The number of aromatic nitrogens is 4. The highest BCUT2D eigenvalue weighted by Gasteiger charge is 2.39. The molecule has 1 aromatic carbocycles. The molecule has 234 valence electrons. The van der Waals surface area contributed by atoms with Crippen molar-refractivity contribution in [1.82, 2.24) is 24.4 Å². The molecule has 5 heterocycles. The van der Waals surface area contributed by atoms with Gasteiger partial charge in [0.25, 0.3) is 0 Å². The zero-order chi connectivity index (χ0) is 32.5. The highest BCUT2D eigenvalue weighted by atomic mass is 35.5. The van der Waals surface area contributed by atoms with Gasteiger partial charge in [-0.1, -0.05) is 43.6 Å². The Bertz CT molecular complexity index is 1960. The van der Waals surface area contributed by atoms with Crippen LogP contribution in [0.3, 0.4) is 0 Å². The van der Waals surface area contributed by atoms with Gasteiger partial charge in [-0.25, -0.2) is 23.1 Å². The van der Waals surface area contributed by atoms with E-state index in [0.717, 1.165) is 6.07 Å². The fraction of sp³-hybridized carbons (Fsp3) is 0.323. The van der Waals surface area contributed by atoms with E-state index < -0.39 is 28.6 Å². The summed E-state index contributed by atoms with van der Waals surface area (Å²) in [6.45, 7) is 10.5. The molecular formula is C31H30Cl2F2N8O2. The second-order valence-corrected chi connectivity index (χ2v) is 12.4. The van der Waals surface area contributed by atoms with Gasteiger partial charge >= 0.3 is 5.69 Å². The fourth-order valence-corrected chi connectivity index (χ4v) is 6.74. The van der Waals surface area contributed by atoms with E-state index >= 15 is 8.78 Å². The number of nitrogen functional groups attached to an aromatic ring is 1. The number of pyridine rings is 2. The molecule has 2 aliphatic heterocycles. The van der Waals surface area contributed by atoms with Crippen molar-refractivity contribution in [1.29, 1.82) is 0 Å². The third-order valence-corrected chi connectivity index (χ3v) is 8.99. The van der Waals surface area contributed by atoms with Crippen molar-refractivity contribution in [3.05, 3.63) is 74.4 Å². The summed E-state index contributed by atoms with van der Waals surface area (Å²) in [5.74, 6) is -2.04. The number of carbonyl (C=O) groups excluding carboxylic acids is 1. The average molecular weight is 656 g/mol. The van der Waals surface area contributed by atoms with Crippen LogP contribution >= 0.6 is 23.2 Å². The summed E-state index contributed by atoms with van der Waals surface area (Å²) in [6.07, 6.45) is 2.89. The number of rotatable bonds is 4. The number of aryl methyl sites for hydroxylation is 1. The number of hydrogen-bond acceptors (Lipinski definition) is 8. The average Bonchev–Trinajstić information content (AvgIpc) is 3.12. The molecule has 1 unspecified atom stereocenters. The Balaban J connectivity index is 1.77. The highest BCUT2D eigenvalue weighted by molar-refractivity contribution is 6.37. The molecule has 0 radical (unpaired) electrons. The summed E-state index contributed by atoms with van der Waals surface area (Å²) in [7, 11) is 1.68. The first-order valence-corrected chi connectivity index (χ1v) is 15.1. The van der Waals surface area contributed by atoms with Crippen molar-refractivity contribution < 1.29 is 13.6 Å². The lowest BCUT2D eigenvalue weighted by Gasteiger charge is -2.41. The van der Waals surface area contributed by atoms with E-state index in [9.17, 15) is 9.59 Å². The van der Waals surface area contributed by atoms with Crippen LogP contribution in [0.5, 0.6) is 0 Å². The molecule has 6 rings (SSSR count). The lowest BCUT2D eigenvalue weighted by atomic mass is 10.0. The molecule has 1 amide bonds. The Kier molecular flexibility index (Phi) is 7.68. The van der Waals surface area contributed by atoms with Crippen LogP contribution in [0.2, 0.25) is 10.0 Å². The van der Waals surface area contributed by atoms with Gasteiger partial charge in [0, 0.05) is 39.4 Å². The molecule has 45 heavy (non-hydrogen) atoms. The molecule has 4 aromatic rings. The topological polar surface area (TPSA) is 113 Å². The predicted octanol–water partition coefficient (Wildman–Crippen LogP) is 5.09. The van der Waals surface area contributed by atoms with Crippen molar-refractivity contribution in [3.8, 4) is 16.9 Å². The molecule has 10 nitrogen and oxygen atoms in total. The highest BCUT2D eigenvalue weighted by Crippen LogP contribution is 2.45. The molecule has 1 saturated heterocycles. The Labute approximate surface area is 267 Å². The van der Waals surface area contributed by atoms with Crippen molar-refractivity contribution in [2.45, 2.75) is 32.7 Å². The van der Waals surface area contributed by atoms with Gasteiger partial charge in [0.05, 0.1) is 49.8 Å². The minimum Gasteiger partial charge on any atom is -0.397 e. The van der Waals surface area contributed by atoms with Crippen LogP contribution in [-0.2, 0) is 4.79 Å². The van der Waals surface area contributed by atoms with E-state index in [-0.39, 0.29) is 69.2 Å². The van der Waals surface area contributed by atoms with E-state index in [4.69, 9.17) is 28.9 Å². The number of piperazine rings is 1. The lowest BCUT2D eigenvalue weighted by Crippen LogP contribution is -2.57. The van der Waals surface area contributed by atoms with Crippen molar-refractivity contribution in [2.75, 3.05) is 48.8 Å². The van der Waals surface area contributed by atoms with E-state index in [0.29, 0.717) is 30.0 Å². The standard InChI is InChI=1S/C31H30Cl2F2N8O2/c1-6-19(44)41-9-10-42-16(13-41)12-40(5)28-21-29(42)39-31(45)43(27-15(4)7-8-37-25(27)14(2)3)30(21)38-26(23(28)35)20-22(34)17(32)11-18(33)24(20)36/h6-8,11,14,16H,1,9-10,12-13,36H2,2-5H3. The number of anilines is 3. The van der Waals surface area contributed by atoms with Crippen molar-refractivity contribution >= 4 is 57.3 Å². The number of likely N-dealkylation sites (N-methyl/N-ethyl adjacent to an activating group) is 1. The van der Waals surface area contributed by atoms with E-state index in [2.05, 4.69) is 21.5 Å².